The van der Waals surface area contributed by atoms with E-state index in [-0.39, 0.29) is 0 Å². The summed E-state index contributed by atoms with van der Waals surface area (Å²) in [5, 5.41) is 3.64. The van der Waals surface area contributed by atoms with Crippen LogP contribution in [-0.4, -0.2) is 6.04 Å². The van der Waals surface area contributed by atoms with E-state index in [1.54, 1.807) is 6.26 Å². The Labute approximate surface area is 128 Å². The summed E-state index contributed by atoms with van der Waals surface area (Å²) >= 11 is 0. The molecule has 0 saturated carbocycles. The maximum absolute atomic E-state index is 5.40. The summed E-state index contributed by atoms with van der Waals surface area (Å²) < 4.78 is 5.40. The van der Waals surface area contributed by atoms with Crippen molar-refractivity contribution in [2.45, 2.75) is 58.5 Å². The van der Waals surface area contributed by atoms with Crippen LogP contribution in [0.5, 0.6) is 0 Å². The normalized spacial score (nSPS) is 14.0. The van der Waals surface area contributed by atoms with Crippen LogP contribution in [-0.2, 0) is 12.8 Å². The van der Waals surface area contributed by atoms with Gasteiger partial charge in [-0.3, -0.25) is 0 Å². The van der Waals surface area contributed by atoms with Gasteiger partial charge in [0, 0.05) is 18.5 Å². The van der Waals surface area contributed by atoms with Gasteiger partial charge in [-0.25, -0.2) is 0 Å². The molecule has 0 aliphatic rings. The molecular formula is C19H27NO. The van der Waals surface area contributed by atoms with Crippen molar-refractivity contribution in [3.05, 3.63) is 59.5 Å². The van der Waals surface area contributed by atoms with Gasteiger partial charge in [-0.1, -0.05) is 37.6 Å². The Kier molecular flexibility index (Phi) is 6.06. The molecule has 0 saturated heterocycles. The molecule has 0 aliphatic carbocycles. The first-order valence-corrected chi connectivity index (χ1v) is 8.06. The van der Waals surface area contributed by atoms with E-state index >= 15 is 0 Å². The Hall–Kier alpha value is -1.54. The van der Waals surface area contributed by atoms with Crippen LogP contribution in [0.25, 0.3) is 0 Å². The van der Waals surface area contributed by atoms with E-state index in [4.69, 9.17) is 4.42 Å². The van der Waals surface area contributed by atoms with E-state index in [9.17, 15) is 0 Å². The average Bonchev–Trinajstić information content (AvgIpc) is 2.98. The number of benzene rings is 1. The number of hydrogen-bond donors (Lipinski definition) is 1. The summed E-state index contributed by atoms with van der Waals surface area (Å²) in [7, 11) is 0. The molecule has 1 aromatic heterocycles. The van der Waals surface area contributed by atoms with E-state index in [2.05, 4.69) is 50.4 Å². The van der Waals surface area contributed by atoms with Gasteiger partial charge in [-0.2, -0.15) is 0 Å². The van der Waals surface area contributed by atoms with Gasteiger partial charge in [0.05, 0.1) is 6.26 Å². The van der Waals surface area contributed by atoms with Gasteiger partial charge in [0.25, 0.3) is 0 Å². The molecule has 0 radical (unpaired) electrons. The highest BCUT2D eigenvalue weighted by Gasteiger charge is 2.11. The van der Waals surface area contributed by atoms with Crippen LogP contribution in [0.3, 0.4) is 0 Å². The lowest BCUT2D eigenvalue weighted by atomic mass is 10.0. The minimum absolute atomic E-state index is 0.357. The van der Waals surface area contributed by atoms with Gasteiger partial charge in [-0.15, -0.1) is 0 Å². The molecule has 2 aromatic rings. The summed E-state index contributed by atoms with van der Waals surface area (Å²) in [6.07, 6.45) is 6.37. The molecule has 0 spiro atoms. The van der Waals surface area contributed by atoms with Crippen molar-refractivity contribution >= 4 is 0 Å². The molecule has 2 unspecified atom stereocenters. The second kappa shape index (κ2) is 8.04. The average molecular weight is 285 g/mol. The second-order valence-corrected chi connectivity index (χ2v) is 5.92. The van der Waals surface area contributed by atoms with Crippen molar-refractivity contribution < 1.29 is 4.42 Å². The zero-order chi connectivity index (χ0) is 15.1. The number of rotatable bonds is 8. The fourth-order valence-corrected chi connectivity index (χ4v) is 2.67. The van der Waals surface area contributed by atoms with Crippen molar-refractivity contribution in [3.8, 4) is 0 Å². The number of nitrogens with one attached hydrogen (secondary N) is 1. The molecule has 2 rings (SSSR count). The molecule has 0 aliphatic heterocycles. The predicted molar refractivity (Wildman–Crippen MR) is 88.5 cm³/mol. The number of unbranched alkanes of at least 4 members (excludes halogenated alkanes) is 1. The third-order valence-corrected chi connectivity index (χ3v) is 3.92. The second-order valence-electron chi connectivity index (χ2n) is 5.92. The molecule has 21 heavy (non-hydrogen) atoms. The van der Waals surface area contributed by atoms with E-state index in [1.807, 2.05) is 12.1 Å². The molecule has 0 bridgehead atoms. The molecule has 1 heterocycles. The largest absolute Gasteiger partial charge is 0.469 e. The maximum Gasteiger partial charge on any atom is 0.105 e. The lowest BCUT2D eigenvalue weighted by molar-refractivity contribution is 0.429. The van der Waals surface area contributed by atoms with E-state index in [0.29, 0.717) is 12.1 Å². The smallest absolute Gasteiger partial charge is 0.105 e. The van der Waals surface area contributed by atoms with Gasteiger partial charge in [-0.05, 0) is 49.9 Å². The van der Waals surface area contributed by atoms with E-state index in [1.165, 1.54) is 30.4 Å². The maximum atomic E-state index is 5.40. The summed E-state index contributed by atoms with van der Waals surface area (Å²) in [5.41, 5.74) is 2.79. The summed E-state index contributed by atoms with van der Waals surface area (Å²) in [4.78, 5) is 0. The van der Waals surface area contributed by atoms with Crippen LogP contribution in [0.2, 0.25) is 0 Å². The monoisotopic (exact) mass is 285 g/mol. The minimum Gasteiger partial charge on any atom is -0.469 e. The number of aryl methyl sites for hydroxylation is 1. The highest BCUT2D eigenvalue weighted by molar-refractivity contribution is 5.25. The van der Waals surface area contributed by atoms with E-state index < -0.39 is 0 Å². The van der Waals surface area contributed by atoms with Crippen LogP contribution in [0.1, 0.15) is 56.5 Å². The fraction of sp³-hybridized carbons (Fsp3) is 0.474. The first-order valence-electron chi connectivity index (χ1n) is 8.06. The van der Waals surface area contributed by atoms with E-state index in [0.717, 1.165) is 12.2 Å². The zero-order valence-electron chi connectivity index (χ0n) is 13.4. The molecular weight excluding hydrogens is 258 g/mol. The van der Waals surface area contributed by atoms with Gasteiger partial charge < -0.3 is 9.73 Å². The van der Waals surface area contributed by atoms with Crippen molar-refractivity contribution in [3.63, 3.8) is 0 Å². The Bertz CT molecular complexity index is 501. The van der Waals surface area contributed by atoms with Crippen LogP contribution in [0, 0.1) is 0 Å². The fourth-order valence-electron chi connectivity index (χ4n) is 2.67. The summed E-state index contributed by atoms with van der Waals surface area (Å²) in [5.74, 6) is 1.04. The molecule has 2 heteroatoms. The summed E-state index contributed by atoms with van der Waals surface area (Å²) in [6, 6.07) is 13.8. The van der Waals surface area contributed by atoms with Gasteiger partial charge >= 0.3 is 0 Å². The highest BCUT2D eigenvalue weighted by atomic mass is 16.3. The standard InChI is InChI=1S/C19H27NO/c1-4-5-7-17-9-11-18(12-10-17)16(3)20-15(2)14-19-8-6-13-21-19/h6,8-13,15-16,20H,4-5,7,14H2,1-3H3. The zero-order valence-corrected chi connectivity index (χ0v) is 13.4. The third kappa shape index (κ3) is 5.05. The Morgan fingerprint density at radius 1 is 1.10 bits per heavy atom. The van der Waals surface area contributed by atoms with Crippen molar-refractivity contribution in [1.82, 2.24) is 5.32 Å². The minimum atomic E-state index is 0.357. The SMILES string of the molecule is CCCCc1ccc(C(C)NC(C)Cc2ccco2)cc1. The first-order chi connectivity index (χ1) is 10.2. The first kappa shape index (κ1) is 15.8. The van der Waals surface area contributed by atoms with Crippen LogP contribution < -0.4 is 5.32 Å². The van der Waals surface area contributed by atoms with Crippen molar-refractivity contribution in [2.24, 2.45) is 0 Å². The quantitative estimate of drug-likeness (QED) is 0.746. The van der Waals surface area contributed by atoms with Crippen LogP contribution in [0.15, 0.2) is 47.1 Å². The molecule has 1 N–H and O–H groups in total. The molecule has 0 fully saturated rings. The molecule has 0 amide bonds. The molecule has 2 nitrogen and oxygen atoms in total. The predicted octanol–water partition coefficient (Wildman–Crippen LogP) is 4.90. The number of hydrogen-bond acceptors (Lipinski definition) is 2. The molecule has 114 valence electrons. The van der Waals surface area contributed by atoms with Crippen molar-refractivity contribution in [1.29, 1.82) is 0 Å². The Balaban J connectivity index is 1.85. The third-order valence-electron chi connectivity index (χ3n) is 3.92. The lowest BCUT2D eigenvalue weighted by Gasteiger charge is -2.20. The lowest BCUT2D eigenvalue weighted by Crippen LogP contribution is -2.30. The van der Waals surface area contributed by atoms with Gasteiger partial charge in [0.2, 0.25) is 0 Å². The van der Waals surface area contributed by atoms with Gasteiger partial charge in [0.1, 0.15) is 5.76 Å². The number of furan rings is 1. The highest BCUT2D eigenvalue weighted by Crippen LogP contribution is 2.16. The van der Waals surface area contributed by atoms with Gasteiger partial charge in [0.15, 0.2) is 0 Å². The van der Waals surface area contributed by atoms with Crippen LogP contribution >= 0.6 is 0 Å². The van der Waals surface area contributed by atoms with Crippen molar-refractivity contribution in [2.75, 3.05) is 0 Å². The Morgan fingerprint density at radius 2 is 1.86 bits per heavy atom. The molecule has 2 atom stereocenters. The van der Waals surface area contributed by atoms with Crippen LogP contribution in [0.4, 0.5) is 0 Å². The summed E-state index contributed by atoms with van der Waals surface area (Å²) in [6.45, 7) is 6.66. The topological polar surface area (TPSA) is 25.2 Å². The molecule has 1 aromatic carbocycles. The Morgan fingerprint density at radius 3 is 2.48 bits per heavy atom.